The molecule has 1 aromatic heterocycles. The van der Waals surface area contributed by atoms with Crippen LogP contribution in [0.4, 0.5) is 5.69 Å². The molecule has 4 nitrogen and oxygen atoms in total. The van der Waals surface area contributed by atoms with E-state index in [2.05, 4.69) is 50.6 Å². The fraction of sp³-hybridized carbons (Fsp3) is 0.706. The van der Waals surface area contributed by atoms with Gasteiger partial charge in [-0.2, -0.15) is 0 Å². The van der Waals surface area contributed by atoms with Gasteiger partial charge in [-0.05, 0) is 59.9 Å². The van der Waals surface area contributed by atoms with E-state index in [9.17, 15) is 0 Å². The van der Waals surface area contributed by atoms with Crippen LogP contribution in [0, 0.1) is 0 Å². The Morgan fingerprint density at radius 3 is 2.48 bits per heavy atom. The highest BCUT2D eigenvalue weighted by Crippen LogP contribution is 2.37. The minimum Gasteiger partial charge on any atom is -0.399 e. The van der Waals surface area contributed by atoms with Crippen molar-refractivity contribution < 1.29 is 9.31 Å². The van der Waals surface area contributed by atoms with E-state index < -0.39 is 7.12 Å². The van der Waals surface area contributed by atoms with Gasteiger partial charge in [0.2, 0.25) is 0 Å². The van der Waals surface area contributed by atoms with Crippen molar-refractivity contribution in [3.63, 3.8) is 0 Å². The number of anilines is 1. The molecule has 0 aliphatic carbocycles. The van der Waals surface area contributed by atoms with Gasteiger partial charge in [-0.1, -0.05) is 11.6 Å². The average Bonchev–Trinajstić information content (AvgIpc) is 2.69. The standard InChI is InChI=1S/C17H26BClN2O2/c1-12-8-6-7-9-21(12)14-10-13(11-20-15(14)19)18-22-16(2,3)17(4,5)23-18/h10-12H,6-9H2,1-5H3. The molecule has 2 saturated heterocycles. The zero-order valence-electron chi connectivity index (χ0n) is 14.7. The number of hydrogen-bond acceptors (Lipinski definition) is 4. The minimum atomic E-state index is -0.399. The molecule has 0 saturated carbocycles. The van der Waals surface area contributed by atoms with Gasteiger partial charge in [0.25, 0.3) is 0 Å². The Balaban J connectivity index is 1.89. The van der Waals surface area contributed by atoms with Gasteiger partial charge in [-0.3, -0.25) is 0 Å². The van der Waals surface area contributed by atoms with E-state index in [0.717, 1.165) is 17.7 Å². The molecule has 1 atom stereocenters. The molecule has 3 heterocycles. The number of aromatic nitrogens is 1. The Bertz CT molecular complexity index is 578. The van der Waals surface area contributed by atoms with Gasteiger partial charge in [-0.15, -0.1) is 0 Å². The fourth-order valence-corrected chi connectivity index (χ4v) is 3.43. The van der Waals surface area contributed by atoms with E-state index >= 15 is 0 Å². The lowest BCUT2D eigenvalue weighted by atomic mass is 9.80. The summed E-state index contributed by atoms with van der Waals surface area (Å²) in [5, 5.41) is 0.555. The molecule has 0 bridgehead atoms. The topological polar surface area (TPSA) is 34.6 Å². The predicted molar refractivity (Wildman–Crippen MR) is 95.6 cm³/mol. The van der Waals surface area contributed by atoms with Crippen molar-refractivity contribution >= 4 is 29.9 Å². The van der Waals surface area contributed by atoms with Gasteiger partial charge in [0, 0.05) is 24.2 Å². The summed E-state index contributed by atoms with van der Waals surface area (Å²) in [6.45, 7) is 11.5. The van der Waals surface area contributed by atoms with Crippen molar-refractivity contribution in [1.82, 2.24) is 4.98 Å². The Hall–Kier alpha value is -0.775. The highest BCUT2D eigenvalue weighted by molar-refractivity contribution is 6.62. The summed E-state index contributed by atoms with van der Waals surface area (Å²) >= 11 is 6.38. The molecule has 3 rings (SSSR count). The summed E-state index contributed by atoms with van der Waals surface area (Å²) in [6, 6.07) is 2.57. The van der Waals surface area contributed by atoms with E-state index in [4.69, 9.17) is 20.9 Å². The van der Waals surface area contributed by atoms with Gasteiger partial charge < -0.3 is 14.2 Å². The molecule has 1 unspecified atom stereocenters. The second kappa shape index (κ2) is 5.94. The second-order valence-corrected chi connectivity index (χ2v) is 8.06. The van der Waals surface area contributed by atoms with Crippen LogP contribution in [0.5, 0.6) is 0 Å². The Labute approximate surface area is 144 Å². The molecule has 0 amide bonds. The van der Waals surface area contributed by atoms with Crippen LogP contribution in [0.25, 0.3) is 0 Å². The van der Waals surface area contributed by atoms with Crippen molar-refractivity contribution in [2.75, 3.05) is 11.4 Å². The molecular formula is C17H26BClN2O2. The summed E-state index contributed by atoms with van der Waals surface area (Å²) in [6.07, 6.45) is 5.43. The van der Waals surface area contributed by atoms with Crippen LogP contribution in [0.15, 0.2) is 12.3 Å². The number of halogens is 1. The first-order valence-corrected chi connectivity index (χ1v) is 8.87. The normalized spacial score (nSPS) is 26.6. The first kappa shape index (κ1) is 17.1. The summed E-state index contributed by atoms with van der Waals surface area (Å²) in [4.78, 5) is 6.75. The average molecular weight is 337 g/mol. The maximum Gasteiger partial charge on any atom is 0.496 e. The zero-order valence-corrected chi connectivity index (χ0v) is 15.5. The van der Waals surface area contributed by atoms with E-state index in [-0.39, 0.29) is 11.2 Å². The molecule has 126 valence electrons. The van der Waals surface area contributed by atoms with E-state index in [1.165, 1.54) is 19.3 Å². The van der Waals surface area contributed by atoms with Crippen LogP contribution in [0.2, 0.25) is 5.15 Å². The molecule has 0 spiro atoms. The highest BCUT2D eigenvalue weighted by atomic mass is 35.5. The molecule has 23 heavy (non-hydrogen) atoms. The third-order valence-corrected chi connectivity index (χ3v) is 5.77. The molecule has 0 aromatic carbocycles. The first-order chi connectivity index (χ1) is 10.7. The second-order valence-electron chi connectivity index (χ2n) is 7.71. The lowest BCUT2D eigenvalue weighted by molar-refractivity contribution is 0.00578. The lowest BCUT2D eigenvalue weighted by Crippen LogP contribution is -2.41. The predicted octanol–water partition coefficient (Wildman–Crippen LogP) is 3.41. The molecular weight excluding hydrogens is 310 g/mol. The fourth-order valence-electron chi connectivity index (χ4n) is 3.22. The van der Waals surface area contributed by atoms with Crippen LogP contribution in [0.3, 0.4) is 0 Å². The van der Waals surface area contributed by atoms with Crippen LogP contribution < -0.4 is 10.4 Å². The number of hydrogen-bond donors (Lipinski definition) is 0. The van der Waals surface area contributed by atoms with Gasteiger partial charge >= 0.3 is 7.12 Å². The molecule has 2 aliphatic rings. The Morgan fingerprint density at radius 2 is 1.87 bits per heavy atom. The van der Waals surface area contributed by atoms with Crippen LogP contribution in [-0.4, -0.2) is 35.9 Å². The van der Waals surface area contributed by atoms with Gasteiger partial charge in [-0.25, -0.2) is 4.98 Å². The lowest BCUT2D eigenvalue weighted by Gasteiger charge is -2.35. The van der Waals surface area contributed by atoms with Crippen molar-refractivity contribution in [2.45, 2.75) is 71.1 Å². The highest BCUT2D eigenvalue weighted by Gasteiger charge is 2.52. The molecule has 0 N–H and O–H groups in total. The third kappa shape index (κ3) is 3.11. The van der Waals surface area contributed by atoms with Crippen molar-refractivity contribution in [2.24, 2.45) is 0 Å². The van der Waals surface area contributed by atoms with E-state index in [0.29, 0.717) is 11.2 Å². The maximum absolute atomic E-state index is 6.38. The van der Waals surface area contributed by atoms with E-state index in [1.807, 2.05) is 0 Å². The molecule has 2 fully saturated rings. The Morgan fingerprint density at radius 1 is 1.22 bits per heavy atom. The van der Waals surface area contributed by atoms with Crippen LogP contribution >= 0.6 is 11.6 Å². The quantitative estimate of drug-likeness (QED) is 0.612. The largest absolute Gasteiger partial charge is 0.496 e. The maximum atomic E-state index is 6.38. The van der Waals surface area contributed by atoms with Crippen molar-refractivity contribution in [1.29, 1.82) is 0 Å². The number of nitrogens with zero attached hydrogens (tertiary/aromatic N) is 2. The molecule has 2 aliphatic heterocycles. The first-order valence-electron chi connectivity index (χ1n) is 8.49. The van der Waals surface area contributed by atoms with Crippen LogP contribution in [-0.2, 0) is 9.31 Å². The summed E-state index contributed by atoms with van der Waals surface area (Å²) in [5.41, 5.74) is 1.22. The summed E-state index contributed by atoms with van der Waals surface area (Å²) < 4.78 is 12.3. The van der Waals surface area contributed by atoms with E-state index in [1.54, 1.807) is 6.20 Å². The summed E-state index contributed by atoms with van der Waals surface area (Å²) in [5.74, 6) is 0. The van der Waals surface area contributed by atoms with Crippen molar-refractivity contribution in [3.05, 3.63) is 17.4 Å². The Kier molecular flexibility index (Phi) is 4.41. The van der Waals surface area contributed by atoms with Crippen LogP contribution in [0.1, 0.15) is 53.9 Å². The zero-order chi connectivity index (χ0) is 16.8. The van der Waals surface area contributed by atoms with Crippen molar-refractivity contribution in [3.8, 4) is 0 Å². The number of piperidine rings is 1. The third-order valence-electron chi connectivity index (χ3n) is 5.48. The SMILES string of the molecule is CC1CCCCN1c1cc(B2OC(C)(C)C(C)(C)O2)cnc1Cl. The molecule has 6 heteroatoms. The van der Waals surface area contributed by atoms with Gasteiger partial charge in [0.05, 0.1) is 16.9 Å². The molecule has 0 radical (unpaired) electrons. The molecule has 1 aromatic rings. The summed E-state index contributed by atoms with van der Waals surface area (Å²) in [7, 11) is -0.399. The smallest absolute Gasteiger partial charge is 0.399 e. The monoisotopic (exact) mass is 336 g/mol. The van der Waals surface area contributed by atoms with Gasteiger partial charge in [0.15, 0.2) is 5.15 Å². The number of rotatable bonds is 2. The number of pyridine rings is 1. The minimum absolute atomic E-state index is 0.351. The van der Waals surface area contributed by atoms with Gasteiger partial charge in [0.1, 0.15) is 0 Å².